The van der Waals surface area contributed by atoms with Crippen LogP contribution < -0.4 is 15.6 Å². The van der Waals surface area contributed by atoms with Gasteiger partial charge in [0.05, 0.1) is 17.6 Å². The van der Waals surface area contributed by atoms with E-state index in [1.807, 2.05) is 15.8 Å². The number of aryl methyl sites for hydroxylation is 2. The van der Waals surface area contributed by atoms with Crippen LogP contribution in [-0.4, -0.2) is 32.2 Å². The summed E-state index contributed by atoms with van der Waals surface area (Å²) in [4.78, 5) is 24.6. The highest BCUT2D eigenvalue weighted by molar-refractivity contribution is 7.17. The fourth-order valence-corrected chi connectivity index (χ4v) is 4.30. The molecule has 0 saturated carbocycles. The van der Waals surface area contributed by atoms with Crippen molar-refractivity contribution in [1.82, 2.24) is 19.2 Å². The van der Waals surface area contributed by atoms with Crippen LogP contribution in [0, 0.1) is 0 Å². The largest absolute Gasteiger partial charge is 0.495 e. The van der Waals surface area contributed by atoms with Crippen molar-refractivity contribution in [2.45, 2.75) is 19.3 Å². The molecule has 1 amide bonds. The molecule has 0 aliphatic rings. The van der Waals surface area contributed by atoms with Crippen LogP contribution in [-0.2, 0) is 18.3 Å². The van der Waals surface area contributed by atoms with Gasteiger partial charge < -0.3 is 10.1 Å². The number of ether oxygens (including phenoxy) is 1. The second-order valence-corrected chi connectivity index (χ2v) is 7.83. The number of carbonyl (C=O) groups excluding carboxylic acids is 1. The molecular formula is C19H18ClN5O3S. The van der Waals surface area contributed by atoms with Gasteiger partial charge in [-0.3, -0.25) is 18.6 Å². The van der Waals surface area contributed by atoms with E-state index in [4.69, 9.17) is 16.3 Å². The molecule has 0 fully saturated rings. The number of nitrogens with one attached hydrogen (secondary N) is 1. The van der Waals surface area contributed by atoms with Gasteiger partial charge in [-0.2, -0.15) is 0 Å². The highest BCUT2D eigenvalue weighted by Gasteiger charge is 2.15. The SMILES string of the molecule is COc1ccc(NC(=O)CCCc2nnc3n(C)c(=O)c4sccc4n23)cc1Cl. The summed E-state index contributed by atoms with van der Waals surface area (Å²) in [5.41, 5.74) is 1.33. The van der Waals surface area contributed by atoms with Crippen molar-refractivity contribution in [1.29, 1.82) is 0 Å². The molecule has 1 aromatic carbocycles. The Balaban J connectivity index is 1.46. The third-order valence-corrected chi connectivity index (χ3v) is 5.82. The van der Waals surface area contributed by atoms with Crippen LogP contribution in [0.15, 0.2) is 34.4 Å². The van der Waals surface area contributed by atoms with Crippen LogP contribution in [0.2, 0.25) is 5.02 Å². The predicted octanol–water partition coefficient (Wildman–Crippen LogP) is 3.27. The normalized spacial score (nSPS) is 11.3. The van der Waals surface area contributed by atoms with E-state index in [2.05, 4.69) is 15.5 Å². The predicted molar refractivity (Wildman–Crippen MR) is 113 cm³/mol. The van der Waals surface area contributed by atoms with Gasteiger partial charge in [0.1, 0.15) is 16.3 Å². The lowest BCUT2D eigenvalue weighted by atomic mass is 10.2. The summed E-state index contributed by atoms with van der Waals surface area (Å²) in [5, 5.41) is 13.5. The first kappa shape index (κ1) is 19.4. The van der Waals surface area contributed by atoms with Gasteiger partial charge in [0.2, 0.25) is 11.7 Å². The summed E-state index contributed by atoms with van der Waals surface area (Å²) in [6.07, 6.45) is 1.46. The third-order valence-electron chi connectivity index (χ3n) is 4.64. The summed E-state index contributed by atoms with van der Waals surface area (Å²) >= 11 is 7.48. The maximum absolute atomic E-state index is 12.4. The van der Waals surface area contributed by atoms with Crippen LogP contribution in [0.4, 0.5) is 5.69 Å². The number of thiophene rings is 1. The molecule has 0 bridgehead atoms. The van der Waals surface area contributed by atoms with E-state index in [0.717, 1.165) is 11.3 Å². The first-order valence-corrected chi connectivity index (χ1v) is 10.2. The number of hydrogen-bond donors (Lipinski definition) is 1. The summed E-state index contributed by atoms with van der Waals surface area (Å²) in [6.45, 7) is 0. The zero-order valence-corrected chi connectivity index (χ0v) is 17.4. The van der Waals surface area contributed by atoms with Gasteiger partial charge in [0.15, 0.2) is 0 Å². The van der Waals surface area contributed by atoms with Gasteiger partial charge in [-0.05, 0) is 36.1 Å². The zero-order chi connectivity index (χ0) is 20.5. The third kappa shape index (κ3) is 3.58. The average Bonchev–Trinajstić information content (AvgIpc) is 3.33. The quantitative estimate of drug-likeness (QED) is 0.506. The number of hydrogen-bond acceptors (Lipinski definition) is 6. The Labute approximate surface area is 174 Å². The number of halogens is 1. The molecule has 1 N–H and O–H groups in total. The number of aromatic nitrogens is 4. The second-order valence-electron chi connectivity index (χ2n) is 6.50. The molecule has 4 rings (SSSR count). The maximum Gasteiger partial charge on any atom is 0.272 e. The summed E-state index contributed by atoms with van der Waals surface area (Å²) in [6, 6.07) is 6.98. The van der Waals surface area contributed by atoms with Crippen molar-refractivity contribution in [2.75, 3.05) is 12.4 Å². The van der Waals surface area contributed by atoms with Gasteiger partial charge in [-0.25, -0.2) is 0 Å². The van der Waals surface area contributed by atoms with E-state index in [1.54, 1.807) is 25.2 Å². The Bertz CT molecular complexity index is 1280. The van der Waals surface area contributed by atoms with E-state index < -0.39 is 0 Å². The van der Waals surface area contributed by atoms with Crippen molar-refractivity contribution in [2.24, 2.45) is 7.05 Å². The number of rotatable bonds is 6. The monoisotopic (exact) mass is 431 g/mol. The van der Waals surface area contributed by atoms with Crippen molar-refractivity contribution in [3.63, 3.8) is 0 Å². The zero-order valence-electron chi connectivity index (χ0n) is 15.8. The van der Waals surface area contributed by atoms with Crippen LogP contribution in [0.25, 0.3) is 16.0 Å². The van der Waals surface area contributed by atoms with Crippen LogP contribution in [0.5, 0.6) is 5.75 Å². The number of benzene rings is 1. The Kier molecular flexibility index (Phi) is 5.25. The van der Waals surface area contributed by atoms with Crippen LogP contribution in [0.3, 0.4) is 0 Å². The molecule has 0 atom stereocenters. The van der Waals surface area contributed by atoms with Crippen molar-refractivity contribution in [3.8, 4) is 5.75 Å². The van der Waals surface area contributed by atoms with Gasteiger partial charge in [-0.1, -0.05) is 11.6 Å². The van der Waals surface area contributed by atoms with Gasteiger partial charge >= 0.3 is 0 Å². The molecule has 150 valence electrons. The minimum absolute atomic E-state index is 0.0843. The van der Waals surface area contributed by atoms with E-state index in [-0.39, 0.29) is 11.5 Å². The van der Waals surface area contributed by atoms with Gasteiger partial charge in [-0.15, -0.1) is 21.5 Å². The van der Waals surface area contributed by atoms with Crippen LogP contribution >= 0.6 is 22.9 Å². The first-order chi connectivity index (χ1) is 14.0. The molecule has 3 aromatic heterocycles. The summed E-state index contributed by atoms with van der Waals surface area (Å²) in [7, 11) is 3.22. The second kappa shape index (κ2) is 7.84. The van der Waals surface area contributed by atoms with Crippen LogP contribution in [0.1, 0.15) is 18.7 Å². The van der Waals surface area contributed by atoms with Gasteiger partial charge in [0, 0.05) is 25.6 Å². The van der Waals surface area contributed by atoms with Crippen molar-refractivity contribution >= 4 is 50.5 Å². The molecule has 4 aromatic rings. The molecule has 3 heterocycles. The smallest absolute Gasteiger partial charge is 0.272 e. The number of methoxy groups -OCH3 is 1. The molecule has 8 nitrogen and oxygen atoms in total. The molecule has 0 unspecified atom stereocenters. The summed E-state index contributed by atoms with van der Waals surface area (Å²) < 4.78 is 9.15. The highest BCUT2D eigenvalue weighted by Crippen LogP contribution is 2.27. The Morgan fingerprint density at radius 1 is 1.31 bits per heavy atom. The standard InChI is InChI=1S/C19H18ClN5O3S/c1-24-18(27)17-13(8-9-29-17)25-15(22-23-19(24)25)4-3-5-16(26)21-11-6-7-14(28-2)12(20)10-11/h6-10H,3-5H2,1-2H3,(H,21,26). The fourth-order valence-electron chi connectivity index (χ4n) is 3.19. The molecule has 0 aliphatic heterocycles. The van der Waals surface area contributed by atoms with E-state index in [9.17, 15) is 9.59 Å². The molecule has 0 saturated heterocycles. The minimum atomic E-state index is -0.117. The molecule has 29 heavy (non-hydrogen) atoms. The van der Waals surface area contributed by atoms with Crippen molar-refractivity contribution < 1.29 is 9.53 Å². The number of carbonyl (C=O) groups is 1. The highest BCUT2D eigenvalue weighted by atomic mass is 35.5. The lowest BCUT2D eigenvalue weighted by Gasteiger charge is -2.08. The topological polar surface area (TPSA) is 90.5 Å². The average molecular weight is 432 g/mol. The number of anilines is 1. The molecular weight excluding hydrogens is 414 g/mol. The number of amides is 1. The Hall–Kier alpha value is -2.91. The number of nitrogens with zero attached hydrogens (tertiary/aromatic N) is 4. The molecule has 0 aliphatic carbocycles. The first-order valence-electron chi connectivity index (χ1n) is 8.93. The molecule has 10 heteroatoms. The van der Waals surface area contributed by atoms with E-state index in [1.165, 1.54) is 23.0 Å². The maximum atomic E-state index is 12.4. The lowest BCUT2D eigenvalue weighted by Crippen LogP contribution is -2.19. The molecule has 0 spiro atoms. The summed E-state index contributed by atoms with van der Waals surface area (Å²) in [5.74, 6) is 1.65. The Morgan fingerprint density at radius 3 is 2.90 bits per heavy atom. The fraction of sp³-hybridized carbons (Fsp3) is 0.263. The lowest BCUT2D eigenvalue weighted by molar-refractivity contribution is -0.116. The van der Waals surface area contributed by atoms with Gasteiger partial charge in [0.25, 0.3) is 5.56 Å². The molecule has 0 radical (unpaired) electrons. The Morgan fingerprint density at radius 2 is 2.14 bits per heavy atom. The van der Waals surface area contributed by atoms with Crippen molar-refractivity contribution in [3.05, 3.63) is 50.8 Å². The van der Waals surface area contributed by atoms with E-state index >= 15 is 0 Å². The van der Waals surface area contributed by atoms with E-state index in [0.29, 0.717) is 46.2 Å². The minimum Gasteiger partial charge on any atom is -0.495 e. The number of fused-ring (bicyclic) bond motifs is 3.